The van der Waals surface area contributed by atoms with Crippen molar-refractivity contribution in [2.45, 2.75) is 32.4 Å². The molecule has 0 spiro atoms. The lowest BCUT2D eigenvalue weighted by Crippen LogP contribution is -2.35. The highest BCUT2D eigenvalue weighted by atomic mass is 32.1. The van der Waals surface area contributed by atoms with Gasteiger partial charge in [-0.05, 0) is 26.3 Å². The van der Waals surface area contributed by atoms with Gasteiger partial charge in [0.05, 0.1) is 6.04 Å². The Balaban J connectivity index is 2.62. The lowest BCUT2D eigenvalue weighted by atomic mass is 10.1. The number of nitrogens with one attached hydrogen (secondary N) is 1. The van der Waals surface area contributed by atoms with Crippen LogP contribution in [-0.4, -0.2) is 17.4 Å². The topological polar surface area (TPSA) is 38.3 Å². The zero-order valence-corrected chi connectivity index (χ0v) is 11.3. The van der Waals surface area contributed by atoms with Gasteiger partial charge in [0, 0.05) is 5.75 Å². The van der Waals surface area contributed by atoms with Crippen LogP contribution in [0.4, 0.5) is 4.79 Å². The maximum absolute atomic E-state index is 11.6. The molecule has 1 aromatic rings. The SMILES string of the molecule is CC(C)(C)OC(=O)NC(CS)c1ccccc1. The molecule has 0 aliphatic heterocycles. The zero-order valence-electron chi connectivity index (χ0n) is 10.4. The third-order valence-electron chi connectivity index (χ3n) is 2.08. The Morgan fingerprint density at radius 2 is 1.94 bits per heavy atom. The number of hydrogen-bond donors (Lipinski definition) is 2. The number of thiol groups is 1. The number of alkyl carbamates (subject to hydrolysis) is 1. The first-order chi connectivity index (χ1) is 7.92. The summed E-state index contributed by atoms with van der Waals surface area (Å²) in [6.45, 7) is 5.51. The summed E-state index contributed by atoms with van der Waals surface area (Å²) in [4.78, 5) is 11.6. The van der Waals surface area contributed by atoms with Gasteiger partial charge in [0.1, 0.15) is 5.60 Å². The van der Waals surface area contributed by atoms with Gasteiger partial charge in [-0.25, -0.2) is 4.79 Å². The van der Waals surface area contributed by atoms with E-state index < -0.39 is 11.7 Å². The van der Waals surface area contributed by atoms with E-state index in [4.69, 9.17) is 4.74 Å². The lowest BCUT2D eigenvalue weighted by molar-refractivity contribution is 0.0509. The van der Waals surface area contributed by atoms with Gasteiger partial charge in [-0.15, -0.1) is 0 Å². The molecule has 4 heteroatoms. The van der Waals surface area contributed by atoms with Crippen molar-refractivity contribution in [2.24, 2.45) is 0 Å². The smallest absolute Gasteiger partial charge is 0.408 e. The van der Waals surface area contributed by atoms with Gasteiger partial charge < -0.3 is 10.1 Å². The van der Waals surface area contributed by atoms with Gasteiger partial charge in [0.2, 0.25) is 0 Å². The predicted molar refractivity (Wildman–Crippen MR) is 72.4 cm³/mol. The molecule has 1 aromatic carbocycles. The lowest BCUT2D eigenvalue weighted by Gasteiger charge is -2.23. The Labute approximate surface area is 108 Å². The van der Waals surface area contributed by atoms with Crippen LogP contribution in [0.2, 0.25) is 0 Å². The van der Waals surface area contributed by atoms with Crippen molar-refractivity contribution in [3.05, 3.63) is 35.9 Å². The first-order valence-corrected chi connectivity index (χ1v) is 6.21. The molecule has 0 aliphatic carbocycles. The largest absolute Gasteiger partial charge is 0.444 e. The summed E-state index contributed by atoms with van der Waals surface area (Å²) in [5.74, 6) is 0.531. The maximum atomic E-state index is 11.6. The molecule has 0 saturated heterocycles. The van der Waals surface area contributed by atoms with E-state index in [1.54, 1.807) is 0 Å². The van der Waals surface area contributed by atoms with Crippen molar-refractivity contribution in [3.8, 4) is 0 Å². The Morgan fingerprint density at radius 3 is 2.41 bits per heavy atom. The van der Waals surface area contributed by atoms with Crippen LogP contribution < -0.4 is 5.32 Å². The number of rotatable bonds is 3. The van der Waals surface area contributed by atoms with Crippen LogP contribution >= 0.6 is 12.6 Å². The molecule has 0 aliphatic rings. The number of hydrogen-bond acceptors (Lipinski definition) is 3. The van der Waals surface area contributed by atoms with Crippen LogP contribution in [0, 0.1) is 0 Å². The molecule has 1 atom stereocenters. The first-order valence-electron chi connectivity index (χ1n) is 5.57. The Bertz CT molecular complexity index is 359. The van der Waals surface area contributed by atoms with E-state index in [-0.39, 0.29) is 6.04 Å². The van der Waals surface area contributed by atoms with Crippen molar-refractivity contribution in [2.75, 3.05) is 5.75 Å². The molecule has 0 heterocycles. The maximum Gasteiger partial charge on any atom is 0.408 e. The number of carbonyl (C=O) groups excluding carboxylic acids is 1. The predicted octanol–water partition coefficient (Wildman–Crippen LogP) is 3.18. The van der Waals surface area contributed by atoms with Gasteiger partial charge in [-0.3, -0.25) is 0 Å². The second-order valence-corrected chi connectivity index (χ2v) is 5.16. The molecule has 0 fully saturated rings. The van der Waals surface area contributed by atoms with E-state index in [1.807, 2.05) is 51.1 Å². The van der Waals surface area contributed by atoms with Gasteiger partial charge in [0.15, 0.2) is 0 Å². The zero-order chi connectivity index (χ0) is 12.9. The average molecular weight is 253 g/mol. The summed E-state index contributed by atoms with van der Waals surface area (Å²) >= 11 is 4.24. The molecule has 0 bridgehead atoms. The van der Waals surface area contributed by atoms with Crippen molar-refractivity contribution >= 4 is 18.7 Å². The molecule has 0 saturated carbocycles. The highest BCUT2D eigenvalue weighted by molar-refractivity contribution is 7.80. The van der Waals surface area contributed by atoms with Crippen LogP contribution in [-0.2, 0) is 4.74 Å². The highest BCUT2D eigenvalue weighted by Crippen LogP contribution is 2.15. The third-order valence-corrected chi connectivity index (χ3v) is 2.44. The number of ether oxygens (including phenoxy) is 1. The highest BCUT2D eigenvalue weighted by Gasteiger charge is 2.19. The van der Waals surface area contributed by atoms with E-state index in [0.29, 0.717) is 5.75 Å². The minimum Gasteiger partial charge on any atom is -0.444 e. The molecule has 1 amide bonds. The number of carbonyl (C=O) groups is 1. The second-order valence-electron chi connectivity index (χ2n) is 4.79. The molecule has 94 valence electrons. The van der Waals surface area contributed by atoms with E-state index in [9.17, 15) is 4.79 Å². The Hall–Kier alpha value is -1.16. The van der Waals surface area contributed by atoms with E-state index >= 15 is 0 Å². The molecule has 17 heavy (non-hydrogen) atoms. The van der Waals surface area contributed by atoms with E-state index in [0.717, 1.165) is 5.56 Å². The minimum atomic E-state index is -0.484. The molecule has 1 rings (SSSR count). The van der Waals surface area contributed by atoms with Crippen molar-refractivity contribution in [1.29, 1.82) is 0 Å². The summed E-state index contributed by atoms with van der Waals surface area (Å²) in [6.07, 6.45) is -0.416. The summed E-state index contributed by atoms with van der Waals surface area (Å²) < 4.78 is 5.21. The average Bonchev–Trinajstić information content (AvgIpc) is 2.24. The van der Waals surface area contributed by atoms with E-state index in [1.165, 1.54) is 0 Å². The van der Waals surface area contributed by atoms with Gasteiger partial charge in [-0.1, -0.05) is 30.3 Å². The fourth-order valence-corrected chi connectivity index (χ4v) is 1.67. The van der Waals surface area contributed by atoms with Crippen molar-refractivity contribution in [1.82, 2.24) is 5.32 Å². The molecule has 0 radical (unpaired) electrons. The Kier molecular flexibility index (Phi) is 4.87. The number of benzene rings is 1. The molecule has 3 nitrogen and oxygen atoms in total. The van der Waals surface area contributed by atoms with Gasteiger partial charge >= 0.3 is 6.09 Å². The molecule has 1 N–H and O–H groups in total. The third kappa shape index (κ3) is 5.13. The normalized spacial score (nSPS) is 12.9. The van der Waals surface area contributed by atoms with Crippen LogP contribution in [0.3, 0.4) is 0 Å². The Morgan fingerprint density at radius 1 is 1.35 bits per heavy atom. The van der Waals surface area contributed by atoms with Crippen LogP contribution in [0.15, 0.2) is 30.3 Å². The van der Waals surface area contributed by atoms with E-state index in [2.05, 4.69) is 17.9 Å². The molecular formula is C13H19NO2S. The number of amides is 1. The van der Waals surface area contributed by atoms with Gasteiger partial charge in [0.25, 0.3) is 0 Å². The fourth-order valence-electron chi connectivity index (χ4n) is 1.37. The van der Waals surface area contributed by atoms with Gasteiger partial charge in [-0.2, -0.15) is 12.6 Å². The molecule has 0 aromatic heterocycles. The van der Waals surface area contributed by atoms with Crippen LogP contribution in [0.5, 0.6) is 0 Å². The standard InChI is InChI=1S/C13H19NO2S/c1-13(2,3)16-12(15)14-11(9-17)10-7-5-4-6-8-10/h4-8,11,17H,9H2,1-3H3,(H,14,15). The fraction of sp³-hybridized carbons (Fsp3) is 0.462. The van der Waals surface area contributed by atoms with Crippen molar-refractivity contribution < 1.29 is 9.53 Å². The minimum absolute atomic E-state index is 0.130. The summed E-state index contributed by atoms with van der Waals surface area (Å²) in [5.41, 5.74) is 0.537. The summed E-state index contributed by atoms with van der Waals surface area (Å²) in [5, 5.41) is 2.80. The van der Waals surface area contributed by atoms with Crippen molar-refractivity contribution in [3.63, 3.8) is 0 Å². The summed E-state index contributed by atoms with van der Waals surface area (Å²) in [6, 6.07) is 9.59. The molecular weight excluding hydrogens is 234 g/mol. The molecule has 1 unspecified atom stereocenters. The second kappa shape index (κ2) is 5.96. The quantitative estimate of drug-likeness (QED) is 0.812. The first kappa shape index (κ1) is 13.9. The van der Waals surface area contributed by atoms with Crippen LogP contribution in [0.1, 0.15) is 32.4 Å². The summed E-state index contributed by atoms with van der Waals surface area (Å²) in [7, 11) is 0. The monoisotopic (exact) mass is 253 g/mol. The van der Waals surface area contributed by atoms with Crippen LogP contribution in [0.25, 0.3) is 0 Å².